The van der Waals surface area contributed by atoms with E-state index < -0.39 is 0 Å². The lowest BCUT2D eigenvalue weighted by atomic mass is 10.1. The number of hydrogen-bond donors (Lipinski definition) is 1. The van der Waals surface area contributed by atoms with Gasteiger partial charge in [0.2, 0.25) is 11.8 Å². The molecule has 1 aromatic carbocycles. The first-order valence-corrected chi connectivity index (χ1v) is 10.3. The number of thiazole rings is 1. The van der Waals surface area contributed by atoms with Crippen LogP contribution in [0.25, 0.3) is 9.88 Å². The zero-order chi connectivity index (χ0) is 19.4. The number of likely N-dealkylation sites (N-methyl/N-ethyl adjacent to an activating group) is 1. The van der Waals surface area contributed by atoms with Crippen molar-refractivity contribution in [2.45, 2.75) is 20.3 Å². The molecule has 0 fully saturated rings. The number of thiophene rings is 1. The van der Waals surface area contributed by atoms with Gasteiger partial charge < -0.3 is 10.2 Å². The minimum atomic E-state index is -0.208. The van der Waals surface area contributed by atoms with E-state index in [2.05, 4.69) is 10.3 Å². The largest absolute Gasteiger partial charge is 0.336 e. The Labute approximate surface area is 166 Å². The lowest BCUT2D eigenvalue weighted by molar-refractivity contribution is -0.132. The van der Waals surface area contributed by atoms with Crippen molar-refractivity contribution in [2.24, 2.45) is 0 Å². The molecule has 0 unspecified atom stereocenters. The number of rotatable bonds is 6. The number of benzene rings is 1. The quantitative estimate of drug-likeness (QED) is 0.678. The molecule has 0 aliphatic rings. The van der Waals surface area contributed by atoms with Gasteiger partial charge in [0.05, 0.1) is 23.5 Å². The Balaban J connectivity index is 1.57. The number of carbonyl (C=O) groups is 2. The van der Waals surface area contributed by atoms with Crippen LogP contribution in [0.5, 0.6) is 0 Å². The van der Waals surface area contributed by atoms with Gasteiger partial charge in [0.25, 0.3) is 0 Å². The highest BCUT2D eigenvalue weighted by molar-refractivity contribution is 7.20. The van der Waals surface area contributed by atoms with Crippen LogP contribution in [-0.2, 0) is 16.0 Å². The van der Waals surface area contributed by atoms with E-state index in [1.807, 2.05) is 54.9 Å². The van der Waals surface area contributed by atoms with Gasteiger partial charge >= 0.3 is 0 Å². The number of hydrogen-bond acceptors (Lipinski definition) is 5. The monoisotopic (exact) mass is 399 g/mol. The van der Waals surface area contributed by atoms with E-state index in [1.54, 1.807) is 18.4 Å². The number of aryl methyl sites for hydroxylation is 2. The van der Waals surface area contributed by atoms with Gasteiger partial charge in [-0.15, -0.1) is 22.7 Å². The fourth-order valence-corrected chi connectivity index (χ4v) is 4.32. The van der Waals surface area contributed by atoms with E-state index in [1.165, 1.54) is 16.2 Å². The van der Waals surface area contributed by atoms with Gasteiger partial charge in [-0.3, -0.25) is 9.59 Å². The summed E-state index contributed by atoms with van der Waals surface area (Å²) in [4.78, 5) is 31.8. The van der Waals surface area contributed by atoms with Crippen molar-refractivity contribution in [3.05, 3.63) is 57.9 Å². The first kappa shape index (κ1) is 19.3. The van der Waals surface area contributed by atoms with Crippen LogP contribution in [0.2, 0.25) is 0 Å². The lowest BCUT2D eigenvalue weighted by Crippen LogP contribution is -2.36. The maximum absolute atomic E-state index is 12.4. The third-order valence-electron chi connectivity index (χ3n) is 4.17. The predicted molar refractivity (Wildman–Crippen MR) is 111 cm³/mol. The SMILES string of the molecule is Cc1cccc(C)c1NC(=O)CN(C)C(=O)Cc1csc(-c2cccs2)n1. The van der Waals surface area contributed by atoms with E-state index in [0.29, 0.717) is 0 Å². The van der Waals surface area contributed by atoms with Crippen molar-refractivity contribution in [1.82, 2.24) is 9.88 Å². The van der Waals surface area contributed by atoms with E-state index in [-0.39, 0.29) is 24.8 Å². The van der Waals surface area contributed by atoms with Gasteiger partial charge in [-0.25, -0.2) is 4.98 Å². The molecule has 0 spiro atoms. The Kier molecular flexibility index (Phi) is 6.03. The summed E-state index contributed by atoms with van der Waals surface area (Å²) in [6.07, 6.45) is 0.190. The Hall–Kier alpha value is -2.51. The van der Waals surface area contributed by atoms with Gasteiger partial charge in [-0.1, -0.05) is 24.3 Å². The van der Waals surface area contributed by atoms with Crippen molar-refractivity contribution >= 4 is 40.2 Å². The van der Waals surface area contributed by atoms with Crippen molar-refractivity contribution in [1.29, 1.82) is 0 Å². The van der Waals surface area contributed by atoms with Crippen LogP contribution >= 0.6 is 22.7 Å². The molecule has 140 valence electrons. The molecular formula is C20H21N3O2S2. The van der Waals surface area contributed by atoms with Crippen LogP contribution in [0.4, 0.5) is 5.69 Å². The zero-order valence-corrected chi connectivity index (χ0v) is 17.1. The first-order chi connectivity index (χ1) is 12.9. The molecule has 0 saturated heterocycles. The molecule has 0 atom stereocenters. The predicted octanol–water partition coefficient (Wildman–Crippen LogP) is 4.13. The molecule has 2 aromatic heterocycles. The third kappa shape index (κ3) is 4.81. The topological polar surface area (TPSA) is 62.3 Å². The number of anilines is 1. The van der Waals surface area contributed by atoms with Crippen LogP contribution in [0.1, 0.15) is 16.8 Å². The summed E-state index contributed by atoms with van der Waals surface area (Å²) < 4.78 is 0. The minimum absolute atomic E-state index is 0.00846. The van der Waals surface area contributed by atoms with Crippen LogP contribution in [0.3, 0.4) is 0 Å². The van der Waals surface area contributed by atoms with E-state index in [9.17, 15) is 9.59 Å². The second-order valence-corrected chi connectivity index (χ2v) is 8.17. The second kappa shape index (κ2) is 8.45. The molecule has 3 rings (SSSR count). The molecule has 0 saturated carbocycles. The van der Waals surface area contributed by atoms with Gasteiger partial charge in [0, 0.05) is 18.1 Å². The number of amides is 2. The normalized spacial score (nSPS) is 10.6. The van der Waals surface area contributed by atoms with Gasteiger partial charge in [0.15, 0.2) is 0 Å². The molecule has 3 aromatic rings. The summed E-state index contributed by atoms with van der Waals surface area (Å²) in [5, 5.41) is 7.73. The van der Waals surface area contributed by atoms with Crippen LogP contribution < -0.4 is 5.32 Å². The highest BCUT2D eigenvalue weighted by Gasteiger charge is 2.16. The zero-order valence-electron chi connectivity index (χ0n) is 15.5. The number of nitrogens with zero attached hydrogens (tertiary/aromatic N) is 2. The van der Waals surface area contributed by atoms with E-state index in [4.69, 9.17) is 0 Å². The fourth-order valence-electron chi connectivity index (χ4n) is 2.69. The molecule has 2 heterocycles. The van der Waals surface area contributed by atoms with E-state index >= 15 is 0 Å². The summed E-state index contributed by atoms with van der Waals surface area (Å²) in [5.74, 6) is -0.338. The molecule has 5 nitrogen and oxygen atoms in total. The second-order valence-electron chi connectivity index (χ2n) is 6.36. The number of para-hydroxylation sites is 1. The standard InChI is InChI=1S/C20H21N3O2S2/c1-13-6-4-7-14(2)19(13)22-17(24)11-23(3)18(25)10-15-12-27-20(21-15)16-8-5-9-26-16/h4-9,12H,10-11H2,1-3H3,(H,22,24). The Morgan fingerprint density at radius 3 is 2.52 bits per heavy atom. The Bertz CT molecular complexity index is 928. The molecule has 0 aliphatic carbocycles. The highest BCUT2D eigenvalue weighted by Crippen LogP contribution is 2.28. The molecule has 2 amide bonds. The molecule has 0 bridgehead atoms. The third-order valence-corrected chi connectivity index (χ3v) is 6.10. The minimum Gasteiger partial charge on any atom is -0.336 e. The van der Waals surface area contributed by atoms with Gasteiger partial charge in [0.1, 0.15) is 5.01 Å². The maximum Gasteiger partial charge on any atom is 0.243 e. The average molecular weight is 400 g/mol. The fraction of sp³-hybridized carbons (Fsp3) is 0.250. The van der Waals surface area contributed by atoms with Crippen molar-refractivity contribution in [2.75, 3.05) is 18.9 Å². The van der Waals surface area contributed by atoms with E-state index in [0.717, 1.165) is 32.4 Å². The Morgan fingerprint density at radius 1 is 1.11 bits per heavy atom. The molecule has 27 heavy (non-hydrogen) atoms. The number of aromatic nitrogens is 1. The summed E-state index contributed by atoms with van der Waals surface area (Å²) in [7, 11) is 1.64. The van der Waals surface area contributed by atoms with Crippen molar-refractivity contribution in [3.8, 4) is 9.88 Å². The first-order valence-electron chi connectivity index (χ1n) is 8.52. The smallest absolute Gasteiger partial charge is 0.243 e. The molecule has 7 heteroatoms. The molecular weight excluding hydrogens is 378 g/mol. The number of carbonyl (C=O) groups excluding carboxylic acids is 2. The number of nitrogens with one attached hydrogen (secondary N) is 1. The summed E-state index contributed by atoms with van der Waals surface area (Å²) in [6.45, 7) is 3.91. The average Bonchev–Trinajstić information content (AvgIpc) is 3.29. The van der Waals surface area contributed by atoms with Crippen LogP contribution in [0.15, 0.2) is 41.1 Å². The van der Waals surface area contributed by atoms with Gasteiger partial charge in [-0.05, 0) is 36.4 Å². The molecule has 0 aliphatic heterocycles. The molecule has 0 radical (unpaired) electrons. The van der Waals surface area contributed by atoms with Crippen molar-refractivity contribution < 1.29 is 9.59 Å². The summed E-state index contributed by atoms with van der Waals surface area (Å²) >= 11 is 3.15. The lowest BCUT2D eigenvalue weighted by Gasteiger charge is -2.17. The van der Waals surface area contributed by atoms with Crippen LogP contribution in [0, 0.1) is 13.8 Å². The van der Waals surface area contributed by atoms with Gasteiger partial charge in [-0.2, -0.15) is 0 Å². The maximum atomic E-state index is 12.4. The van der Waals surface area contributed by atoms with Crippen LogP contribution in [-0.4, -0.2) is 35.3 Å². The summed E-state index contributed by atoms with van der Waals surface area (Å²) in [5.41, 5.74) is 3.54. The van der Waals surface area contributed by atoms with Crippen molar-refractivity contribution in [3.63, 3.8) is 0 Å². The highest BCUT2D eigenvalue weighted by atomic mass is 32.1. The Morgan fingerprint density at radius 2 is 1.85 bits per heavy atom. The molecule has 1 N–H and O–H groups in total. The summed E-state index contributed by atoms with van der Waals surface area (Å²) in [6, 6.07) is 9.85.